The van der Waals surface area contributed by atoms with Gasteiger partial charge < -0.3 is 5.21 Å². The van der Waals surface area contributed by atoms with Gasteiger partial charge in [0.05, 0.1) is 5.56 Å². The van der Waals surface area contributed by atoms with Crippen LogP contribution in [0.3, 0.4) is 0 Å². The molecule has 0 atom stereocenters. The van der Waals surface area contributed by atoms with Crippen LogP contribution >= 0.6 is 15.9 Å². The van der Waals surface area contributed by atoms with E-state index in [9.17, 15) is 10.0 Å². The molecule has 0 saturated carbocycles. The Kier molecular flexibility index (Phi) is 2.60. The molecule has 0 bridgehead atoms. The summed E-state index contributed by atoms with van der Waals surface area (Å²) in [7, 11) is 0. The quantitative estimate of drug-likeness (QED) is 0.256. The normalized spacial score (nSPS) is 9.42. The molecule has 62 valence electrons. The highest BCUT2D eigenvalue weighted by Crippen LogP contribution is 2.21. The second kappa shape index (κ2) is 3.49. The molecule has 1 rings (SSSR count). The highest BCUT2D eigenvalue weighted by atomic mass is 79.9. The number of hydrogen-bond donors (Lipinski definition) is 0. The van der Waals surface area contributed by atoms with Gasteiger partial charge in [-0.1, -0.05) is 15.9 Å². The molecule has 0 heterocycles. The van der Waals surface area contributed by atoms with Crippen molar-refractivity contribution in [2.45, 2.75) is 0 Å². The average molecular weight is 228 g/mol. The van der Waals surface area contributed by atoms with E-state index in [0.29, 0.717) is 16.6 Å². The highest BCUT2D eigenvalue weighted by molar-refractivity contribution is 9.10. The zero-order valence-electron chi connectivity index (χ0n) is 6.16. The van der Waals surface area contributed by atoms with E-state index < -0.39 is 0 Å². The largest absolute Gasteiger partial charge is 0.619 e. The molecule has 0 aliphatic carbocycles. The molecular weight excluding hydrogens is 222 g/mol. The third-order valence-corrected chi connectivity index (χ3v) is 1.88. The fraction of sp³-hybridized carbons (Fsp3) is 0. The van der Waals surface area contributed by atoms with Crippen LogP contribution in [0, 0.1) is 5.21 Å². The average Bonchev–Trinajstić information content (AvgIpc) is 2.04. The van der Waals surface area contributed by atoms with Gasteiger partial charge in [0.25, 0.3) is 0 Å². The van der Waals surface area contributed by atoms with E-state index in [-0.39, 0.29) is 5.69 Å². The summed E-state index contributed by atoms with van der Waals surface area (Å²) in [5, 5.41) is 10.8. The number of hydrogen-bond acceptors (Lipinski definition) is 2. The topological polar surface area (TPSA) is 43.1 Å². The van der Waals surface area contributed by atoms with Crippen molar-refractivity contribution in [3.05, 3.63) is 33.4 Å². The SMILES string of the molecule is C=[N+]([O-])c1cc(Br)ccc1C=O. The van der Waals surface area contributed by atoms with Crippen LogP contribution in [0.15, 0.2) is 22.7 Å². The number of halogens is 1. The van der Waals surface area contributed by atoms with Gasteiger partial charge in [-0.3, -0.25) is 4.79 Å². The van der Waals surface area contributed by atoms with E-state index in [1.54, 1.807) is 18.2 Å². The molecule has 0 fully saturated rings. The number of aldehydes is 1. The first-order valence-electron chi connectivity index (χ1n) is 3.17. The minimum absolute atomic E-state index is 0.263. The summed E-state index contributed by atoms with van der Waals surface area (Å²) in [6.07, 6.45) is 0.623. The van der Waals surface area contributed by atoms with E-state index in [1.165, 1.54) is 0 Å². The molecule has 4 heteroatoms. The lowest BCUT2D eigenvalue weighted by atomic mass is 10.2. The van der Waals surface area contributed by atoms with Gasteiger partial charge >= 0.3 is 0 Å². The van der Waals surface area contributed by atoms with Crippen LogP contribution in [0.2, 0.25) is 0 Å². The zero-order chi connectivity index (χ0) is 9.14. The molecule has 0 spiro atoms. The summed E-state index contributed by atoms with van der Waals surface area (Å²) in [5.74, 6) is 0. The second-order valence-electron chi connectivity index (χ2n) is 2.20. The maximum Gasteiger partial charge on any atom is 0.227 e. The van der Waals surface area contributed by atoms with Gasteiger partial charge in [0.2, 0.25) is 5.69 Å². The number of carbonyl (C=O) groups excluding carboxylic acids is 1. The zero-order valence-corrected chi connectivity index (χ0v) is 7.74. The van der Waals surface area contributed by atoms with Crippen molar-refractivity contribution in [1.82, 2.24) is 0 Å². The lowest BCUT2D eigenvalue weighted by Gasteiger charge is -2.02. The van der Waals surface area contributed by atoms with Crippen LogP contribution in [0.25, 0.3) is 0 Å². The third kappa shape index (κ3) is 1.71. The number of carbonyl (C=O) groups is 1. The molecule has 0 aromatic heterocycles. The molecule has 1 aromatic rings. The van der Waals surface area contributed by atoms with Crippen molar-refractivity contribution in [3.8, 4) is 0 Å². The smallest absolute Gasteiger partial charge is 0.227 e. The molecule has 12 heavy (non-hydrogen) atoms. The Bertz CT molecular complexity index is 336. The number of nitrogens with zero attached hydrogens (tertiary/aromatic N) is 1. The first kappa shape index (κ1) is 8.93. The third-order valence-electron chi connectivity index (χ3n) is 1.39. The number of benzene rings is 1. The Balaban J connectivity index is 3.30. The van der Waals surface area contributed by atoms with Crippen molar-refractivity contribution in [2.24, 2.45) is 0 Å². The first-order valence-corrected chi connectivity index (χ1v) is 3.97. The van der Waals surface area contributed by atoms with E-state index in [0.717, 1.165) is 4.47 Å². The van der Waals surface area contributed by atoms with E-state index >= 15 is 0 Å². The first-order chi connectivity index (χ1) is 5.65. The molecule has 0 aliphatic rings. The lowest BCUT2D eigenvalue weighted by molar-refractivity contribution is -0.350. The van der Waals surface area contributed by atoms with Gasteiger partial charge in [-0.2, -0.15) is 4.74 Å². The Hall–Kier alpha value is -1.16. The molecule has 3 nitrogen and oxygen atoms in total. The molecule has 0 aliphatic heterocycles. The van der Waals surface area contributed by atoms with Gasteiger partial charge in [0, 0.05) is 10.5 Å². The Labute approximate surface area is 78.0 Å². The monoisotopic (exact) mass is 227 g/mol. The van der Waals surface area contributed by atoms with Gasteiger partial charge in [0.15, 0.2) is 6.29 Å². The molecule has 0 N–H and O–H groups in total. The van der Waals surface area contributed by atoms with Crippen LogP contribution in [0.1, 0.15) is 10.4 Å². The Morgan fingerprint density at radius 3 is 2.75 bits per heavy atom. The summed E-state index contributed by atoms with van der Waals surface area (Å²) in [6.45, 7) is 3.16. The van der Waals surface area contributed by atoms with Gasteiger partial charge in [-0.15, -0.1) is 0 Å². The lowest BCUT2D eigenvalue weighted by Crippen LogP contribution is -1.94. The van der Waals surface area contributed by atoms with Crippen molar-refractivity contribution >= 4 is 34.6 Å². The maximum atomic E-state index is 10.8. The van der Waals surface area contributed by atoms with Crippen LogP contribution in [0.4, 0.5) is 5.69 Å². The van der Waals surface area contributed by atoms with Crippen LogP contribution in [-0.4, -0.2) is 17.7 Å². The van der Waals surface area contributed by atoms with Gasteiger partial charge in [-0.25, -0.2) is 0 Å². The Morgan fingerprint density at radius 2 is 2.25 bits per heavy atom. The number of rotatable bonds is 2. The van der Waals surface area contributed by atoms with Crippen molar-refractivity contribution in [3.63, 3.8) is 0 Å². The summed E-state index contributed by atoms with van der Waals surface area (Å²) in [4.78, 5) is 10.4. The fourth-order valence-electron chi connectivity index (χ4n) is 0.832. The summed E-state index contributed by atoms with van der Waals surface area (Å²) < 4.78 is 1.15. The molecule has 0 unspecified atom stereocenters. The predicted molar refractivity (Wildman–Crippen MR) is 49.9 cm³/mol. The van der Waals surface area contributed by atoms with Crippen LogP contribution in [-0.2, 0) is 0 Å². The van der Waals surface area contributed by atoms with E-state index in [2.05, 4.69) is 22.6 Å². The molecule has 0 saturated heterocycles. The second-order valence-corrected chi connectivity index (χ2v) is 3.12. The van der Waals surface area contributed by atoms with Crippen molar-refractivity contribution < 1.29 is 9.53 Å². The molecule has 1 aromatic carbocycles. The summed E-state index contributed by atoms with van der Waals surface area (Å²) in [5.41, 5.74) is 0.600. The highest BCUT2D eigenvalue weighted by Gasteiger charge is 2.07. The Morgan fingerprint density at radius 1 is 1.58 bits per heavy atom. The predicted octanol–water partition coefficient (Wildman–Crippen LogP) is 2.10. The minimum atomic E-state index is 0.263. The van der Waals surface area contributed by atoms with E-state index in [1.807, 2.05) is 0 Å². The van der Waals surface area contributed by atoms with Crippen LogP contribution in [0.5, 0.6) is 0 Å². The van der Waals surface area contributed by atoms with Crippen molar-refractivity contribution in [2.75, 3.05) is 0 Å². The summed E-state index contributed by atoms with van der Waals surface area (Å²) in [6, 6.07) is 4.79. The molecule has 0 radical (unpaired) electrons. The van der Waals surface area contributed by atoms with Crippen LogP contribution < -0.4 is 0 Å². The fourth-order valence-corrected chi connectivity index (χ4v) is 1.18. The molecule has 0 amide bonds. The van der Waals surface area contributed by atoms with E-state index in [4.69, 9.17) is 0 Å². The van der Waals surface area contributed by atoms with Gasteiger partial charge in [0.1, 0.15) is 6.72 Å². The standard InChI is InChI=1S/C8H6BrNO2/c1-10(12)8-4-7(9)3-2-6(8)5-11/h2-5H,1H2. The van der Waals surface area contributed by atoms with Crippen molar-refractivity contribution in [1.29, 1.82) is 0 Å². The van der Waals surface area contributed by atoms with Gasteiger partial charge in [-0.05, 0) is 12.1 Å². The molecular formula is C8H6BrNO2. The maximum absolute atomic E-state index is 10.8. The minimum Gasteiger partial charge on any atom is -0.619 e. The summed E-state index contributed by atoms with van der Waals surface area (Å²) >= 11 is 3.18.